The molecule has 4 aromatic rings. The van der Waals surface area contributed by atoms with Gasteiger partial charge in [-0.2, -0.15) is 9.78 Å². The minimum Gasteiger partial charge on any atom is -0.459 e. The first-order chi connectivity index (χ1) is 13.7. The van der Waals surface area contributed by atoms with Crippen molar-refractivity contribution in [1.82, 2.24) is 15.1 Å². The fraction of sp³-hybridized carbons (Fsp3) is 0.0455. The van der Waals surface area contributed by atoms with Crippen molar-refractivity contribution < 1.29 is 9.21 Å². The lowest BCUT2D eigenvalue weighted by molar-refractivity contribution is 0.0941. The van der Waals surface area contributed by atoms with E-state index in [2.05, 4.69) is 10.4 Å². The average Bonchev–Trinajstić information content (AvgIpc) is 3.23. The van der Waals surface area contributed by atoms with Gasteiger partial charge in [0.05, 0.1) is 12.2 Å². The number of para-hydroxylation sites is 1. The van der Waals surface area contributed by atoms with Crippen LogP contribution in [0.4, 0.5) is 0 Å². The fourth-order valence-electron chi connectivity index (χ4n) is 2.77. The van der Waals surface area contributed by atoms with Crippen molar-refractivity contribution in [3.63, 3.8) is 0 Å². The molecule has 138 valence electrons. The van der Waals surface area contributed by atoms with Crippen LogP contribution in [0.3, 0.4) is 0 Å². The number of carbonyl (C=O) groups excluding carboxylic acids is 1. The molecule has 0 saturated heterocycles. The molecule has 0 aliphatic rings. The Morgan fingerprint density at radius 3 is 2.36 bits per heavy atom. The zero-order valence-electron chi connectivity index (χ0n) is 14.9. The molecule has 4 rings (SSSR count). The molecule has 0 unspecified atom stereocenters. The van der Waals surface area contributed by atoms with Crippen molar-refractivity contribution in [2.45, 2.75) is 6.54 Å². The predicted octanol–water partition coefficient (Wildman–Crippen LogP) is 3.42. The van der Waals surface area contributed by atoms with Gasteiger partial charge >= 0.3 is 0 Å². The van der Waals surface area contributed by atoms with Gasteiger partial charge in [0.2, 0.25) is 0 Å². The van der Waals surface area contributed by atoms with Crippen molar-refractivity contribution in [3.05, 3.63) is 107 Å². The summed E-state index contributed by atoms with van der Waals surface area (Å²) in [6.45, 7) is 0.220. The molecule has 0 spiro atoms. The topological polar surface area (TPSA) is 77.1 Å². The van der Waals surface area contributed by atoms with Gasteiger partial charge in [0.15, 0.2) is 0 Å². The Kier molecular flexibility index (Phi) is 4.84. The lowest BCUT2D eigenvalue weighted by Gasteiger charge is -2.07. The van der Waals surface area contributed by atoms with E-state index in [4.69, 9.17) is 4.42 Å². The number of carbonyl (C=O) groups is 1. The fourth-order valence-corrected chi connectivity index (χ4v) is 2.77. The molecular weight excluding hydrogens is 354 g/mol. The summed E-state index contributed by atoms with van der Waals surface area (Å²) in [7, 11) is 0. The molecule has 1 amide bonds. The first kappa shape index (κ1) is 17.5. The molecule has 0 aliphatic carbocycles. The summed E-state index contributed by atoms with van der Waals surface area (Å²) in [6, 6.07) is 25.1. The Morgan fingerprint density at radius 2 is 1.61 bits per heavy atom. The van der Waals surface area contributed by atoms with Crippen LogP contribution >= 0.6 is 0 Å². The SMILES string of the molecule is O=C(NCc1ccc(-c2ccccc2)o1)c1ccc(=O)n(-c2ccccc2)n1. The van der Waals surface area contributed by atoms with E-state index < -0.39 is 0 Å². The third-order valence-electron chi connectivity index (χ3n) is 4.18. The highest BCUT2D eigenvalue weighted by molar-refractivity contribution is 5.91. The number of aromatic nitrogens is 2. The van der Waals surface area contributed by atoms with Crippen LogP contribution in [-0.2, 0) is 6.54 Å². The number of amides is 1. The van der Waals surface area contributed by atoms with Crippen LogP contribution in [0.1, 0.15) is 16.2 Å². The van der Waals surface area contributed by atoms with Crippen LogP contribution in [-0.4, -0.2) is 15.7 Å². The van der Waals surface area contributed by atoms with E-state index in [1.54, 1.807) is 24.3 Å². The van der Waals surface area contributed by atoms with E-state index in [0.717, 1.165) is 11.3 Å². The molecule has 0 saturated carbocycles. The van der Waals surface area contributed by atoms with Gasteiger partial charge in [0, 0.05) is 11.6 Å². The first-order valence-electron chi connectivity index (χ1n) is 8.79. The van der Waals surface area contributed by atoms with Gasteiger partial charge in [-0.3, -0.25) is 9.59 Å². The van der Waals surface area contributed by atoms with E-state index in [9.17, 15) is 9.59 Å². The molecule has 6 nitrogen and oxygen atoms in total. The third kappa shape index (κ3) is 3.76. The molecule has 0 radical (unpaired) electrons. The minimum absolute atomic E-state index is 0.151. The number of nitrogens with zero attached hydrogens (tertiary/aromatic N) is 2. The van der Waals surface area contributed by atoms with Crippen LogP contribution < -0.4 is 10.9 Å². The molecule has 1 N–H and O–H groups in total. The van der Waals surface area contributed by atoms with Gasteiger partial charge in [-0.1, -0.05) is 48.5 Å². The average molecular weight is 371 g/mol. The molecular formula is C22H17N3O3. The van der Waals surface area contributed by atoms with E-state index in [1.165, 1.54) is 16.8 Å². The Bertz CT molecular complexity index is 1150. The molecule has 2 aromatic carbocycles. The maximum Gasteiger partial charge on any atom is 0.272 e. The van der Waals surface area contributed by atoms with Crippen molar-refractivity contribution in [1.29, 1.82) is 0 Å². The highest BCUT2D eigenvalue weighted by atomic mass is 16.3. The smallest absolute Gasteiger partial charge is 0.272 e. The summed E-state index contributed by atoms with van der Waals surface area (Å²) in [5, 5.41) is 6.94. The quantitative estimate of drug-likeness (QED) is 0.583. The maximum absolute atomic E-state index is 12.5. The summed E-state index contributed by atoms with van der Waals surface area (Å²) < 4.78 is 6.98. The summed E-state index contributed by atoms with van der Waals surface area (Å²) in [5.41, 5.74) is 1.41. The molecule has 6 heteroatoms. The Hall–Kier alpha value is -3.93. The van der Waals surface area contributed by atoms with Gasteiger partial charge in [-0.05, 0) is 30.3 Å². The second kappa shape index (κ2) is 7.75. The van der Waals surface area contributed by atoms with Crippen LogP contribution in [0, 0.1) is 0 Å². The third-order valence-corrected chi connectivity index (χ3v) is 4.18. The molecule has 0 aliphatic heterocycles. The van der Waals surface area contributed by atoms with Gasteiger partial charge in [-0.15, -0.1) is 0 Å². The van der Waals surface area contributed by atoms with Crippen LogP contribution in [0.25, 0.3) is 17.0 Å². The summed E-state index contributed by atoms with van der Waals surface area (Å²) in [4.78, 5) is 24.5. The number of benzene rings is 2. The molecule has 0 bridgehead atoms. The molecule has 0 atom stereocenters. The summed E-state index contributed by atoms with van der Waals surface area (Å²) >= 11 is 0. The number of hydrogen-bond acceptors (Lipinski definition) is 4. The second-order valence-corrected chi connectivity index (χ2v) is 6.12. The Labute approximate surface area is 161 Å². The van der Waals surface area contributed by atoms with Crippen LogP contribution in [0.2, 0.25) is 0 Å². The molecule has 0 fully saturated rings. The lowest BCUT2D eigenvalue weighted by atomic mass is 10.2. The first-order valence-corrected chi connectivity index (χ1v) is 8.79. The van der Waals surface area contributed by atoms with Crippen molar-refractivity contribution in [3.8, 4) is 17.0 Å². The van der Waals surface area contributed by atoms with Gasteiger partial charge in [0.25, 0.3) is 11.5 Å². The van der Waals surface area contributed by atoms with Gasteiger partial charge in [0.1, 0.15) is 17.2 Å². The molecule has 28 heavy (non-hydrogen) atoms. The Morgan fingerprint density at radius 1 is 0.893 bits per heavy atom. The minimum atomic E-state index is -0.387. The Balaban J connectivity index is 1.48. The second-order valence-electron chi connectivity index (χ2n) is 6.12. The van der Waals surface area contributed by atoms with Crippen LogP contribution in [0.5, 0.6) is 0 Å². The monoisotopic (exact) mass is 371 g/mol. The van der Waals surface area contributed by atoms with Crippen LogP contribution in [0.15, 0.2) is 94.1 Å². The van der Waals surface area contributed by atoms with Gasteiger partial charge in [-0.25, -0.2) is 0 Å². The van der Waals surface area contributed by atoms with E-state index in [1.807, 2.05) is 48.5 Å². The van der Waals surface area contributed by atoms with Gasteiger partial charge < -0.3 is 9.73 Å². The standard InChI is InChI=1S/C22H17N3O3/c26-21-14-12-19(24-25(21)17-9-5-2-6-10-17)22(27)23-15-18-11-13-20(28-18)16-7-3-1-4-8-16/h1-14H,15H2,(H,23,27). The van der Waals surface area contributed by atoms with Crippen molar-refractivity contribution >= 4 is 5.91 Å². The highest BCUT2D eigenvalue weighted by Crippen LogP contribution is 2.21. The number of rotatable bonds is 5. The normalized spacial score (nSPS) is 10.6. The number of nitrogens with one attached hydrogen (secondary N) is 1. The molecule has 2 aromatic heterocycles. The summed E-state index contributed by atoms with van der Waals surface area (Å²) in [6.07, 6.45) is 0. The van der Waals surface area contributed by atoms with E-state index >= 15 is 0 Å². The lowest BCUT2D eigenvalue weighted by Crippen LogP contribution is -2.28. The number of hydrogen-bond donors (Lipinski definition) is 1. The summed E-state index contributed by atoms with van der Waals surface area (Å²) in [5.74, 6) is 0.978. The molecule has 2 heterocycles. The zero-order chi connectivity index (χ0) is 19.3. The maximum atomic E-state index is 12.5. The number of furan rings is 1. The zero-order valence-corrected chi connectivity index (χ0v) is 14.9. The van der Waals surface area contributed by atoms with Crippen molar-refractivity contribution in [2.75, 3.05) is 0 Å². The van der Waals surface area contributed by atoms with E-state index in [0.29, 0.717) is 11.4 Å². The van der Waals surface area contributed by atoms with E-state index in [-0.39, 0.29) is 23.7 Å². The predicted molar refractivity (Wildman–Crippen MR) is 105 cm³/mol. The van der Waals surface area contributed by atoms with Crippen molar-refractivity contribution in [2.24, 2.45) is 0 Å². The highest BCUT2D eigenvalue weighted by Gasteiger charge is 2.12. The largest absolute Gasteiger partial charge is 0.459 e.